The summed E-state index contributed by atoms with van der Waals surface area (Å²) in [4.78, 5) is 15.2. The van der Waals surface area contributed by atoms with Crippen LogP contribution in [0.3, 0.4) is 0 Å². The first-order valence-corrected chi connectivity index (χ1v) is 7.67. The highest BCUT2D eigenvalue weighted by molar-refractivity contribution is 5.13. The summed E-state index contributed by atoms with van der Waals surface area (Å²) in [5.41, 5.74) is 0.956. The summed E-state index contributed by atoms with van der Waals surface area (Å²) in [7, 11) is 0. The number of hydrogen-bond acceptors (Lipinski definition) is 4. The second-order valence-corrected chi connectivity index (χ2v) is 6.02. The lowest BCUT2D eigenvalue weighted by Crippen LogP contribution is -2.14. The summed E-state index contributed by atoms with van der Waals surface area (Å²) < 4.78 is 13.6. The van der Waals surface area contributed by atoms with Gasteiger partial charge in [0.15, 0.2) is 0 Å². The van der Waals surface area contributed by atoms with Gasteiger partial charge >= 0.3 is 0 Å². The van der Waals surface area contributed by atoms with Gasteiger partial charge in [0, 0.05) is 12.3 Å². The lowest BCUT2D eigenvalue weighted by Gasteiger charge is -2.13. The van der Waals surface area contributed by atoms with E-state index >= 15 is 0 Å². The van der Waals surface area contributed by atoms with Crippen molar-refractivity contribution in [3.63, 3.8) is 0 Å². The van der Waals surface area contributed by atoms with Crippen molar-refractivity contribution in [3.05, 3.63) is 58.5 Å². The van der Waals surface area contributed by atoms with Crippen LogP contribution in [0, 0.1) is 5.92 Å². The Morgan fingerprint density at radius 2 is 2.09 bits per heavy atom. The van der Waals surface area contributed by atoms with Crippen LogP contribution in [0.25, 0.3) is 0 Å². The van der Waals surface area contributed by atoms with Crippen LogP contribution in [0.4, 0.5) is 0 Å². The number of benzene rings is 1. The molecule has 0 amide bonds. The molecule has 3 atom stereocenters. The minimum atomic E-state index is -0.242. The molecule has 1 aliphatic carbocycles. The fourth-order valence-corrected chi connectivity index (χ4v) is 3.42. The van der Waals surface area contributed by atoms with E-state index in [9.17, 15) is 4.79 Å². The molecule has 0 N–H and O–H groups in total. The first-order chi connectivity index (χ1) is 10.8. The van der Waals surface area contributed by atoms with Crippen LogP contribution in [-0.4, -0.2) is 22.3 Å². The second kappa shape index (κ2) is 5.57. The lowest BCUT2D eigenvalue weighted by molar-refractivity contribution is 0.0830. The van der Waals surface area contributed by atoms with E-state index in [4.69, 9.17) is 9.47 Å². The van der Waals surface area contributed by atoms with Crippen LogP contribution < -0.4 is 10.3 Å². The number of aromatic nitrogens is 2. The zero-order valence-corrected chi connectivity index (χ0v) is 12.2. The summed E-state index contributed by atoms with van der Waals surface area (Å²) in [6.45, 7) is 1.40. The molecule has 4 rings (SSSR count). The topological polar surface area (TPSA) is 53.4 Å². The first kappa shape index (κ1) is 13.5. The third-order valence-corrected chi connectivity index (χ3v) is 4.45. The highest BCUT2D eigenvalue weighted by Gasteiger charge is 2.42. The quantitative estimate of drug-likeness (QED) is 0.868. The molecule has 0 bridgehead atoms. The van der Waals surface area contributed by atoms with E-state index < -0.39 is 0 Å². The number of ether oxygens (including phenoxy) is 2. The first-order valence-electron chi connectivity index (χ1n) is 7.67. The van der Waals surface area contributed by atoms with Gasteiger partial charge in [-0.25, -0.2) is 0 Å². The minimum Gasteiger partial charge on any atom is -0.459 e. The minimum absolute atomic E-state index is 0.125. The molecular weight excluding hydrogens is 280 g/mol. The van der Waals surface area contributed by atoms with Crippen molar-refractivity contribution in [1.82, 2.24) is 9.55 Å². The van der Waals surface area contributed by atoms with Gasteiger partial charge in [0.2, 0.25) is 0 Å². The molecule has 0 saturated heterocycles. The van der Waals surface area contributed by atoms with Gasteiger partial charge in [0.05, 0.1) is 19.3 Å². The molecule has 2 aromatic rings. The van der Waals surface area contributed by atoms with Gasteiger partial charge in [-0.3, -0.25) is 9.36 Å². The predicted molar refractivity (Wildman–Crippen MR) is 80.8 cm³/mol. The second-order valence-electron chi connectivity index (χ2n) is 6.02. The van der Waals surface area contributed by atoms with E-state index in [1.165, 1.54) is 11.6 Å². The zero-order chi connectivity index (χ0) is 14.9. The largest absolute Gasteiger partial charge is 0.459 e. The van der Waals surface area contributed by atoms with Crippen molar-refractivity contribution in [2.75, 3.05) is 6.61 Å². The fraction of sp³-hybridized carbons (Fsp3) is 0.412. The molecule has 5 heteroatoms. The van der Waals surface area contributed by atoms with Crippen LogP contribution in [0.5, 0.6) is 6.01 Å². The van der Waals surface area contributed by atoms with Crippen molar-refractivity contribution in [2.45, 2.75) is 31.6 Å². The molecular formula is C17H18N2O3. The van der Waals surface area contributed by atoms with Gasteiger partial charge in [-0.2, -0.15) is 4.98 Å². The Hall–Kier alpha value is -2.14. The Morgan fingerprint density at radius 3 is 2.95 bits per heavy atom. The van der Waals surface area contributed by atoms with E-state index in [0.717, 1.165) is 19.4 Å². The third-order valence-electron chi connectivity index (χ3n) is 4.45. The summed E-state index contributed by atoms with van der Waals surface area (Å²) in [6, 6.07) is 12.5. The Bertz CT molecular complexity index is 713. The standard InChI is InChI=1S/C17H18N2O3/c20-16-6-7-19-14-8-13(9-15(14)22-17(19)18-16)11-21-10-12-4-2-1-3-5-12/h1-7,13-15H,8-11H2/t13-,14+,15-/m0/s1. The average Bonchev–Trinajstić information content (AvgIpc) is 3.05. The van der Waals surface area contributed by atoms with Crippen LogP contribution in [0.1, 0.15) is 24.4 Å². The summed E-state index contributed by atoms with van der Waals surface area (Å²) in [6.07, 6.45) is 3.89. The molecule has 0 radical (unpaired) electrons. The van der Waals surface area contributed by atoms with Gasteiger partial charge in [0.1, 0.15) is 6.10 Å². The molecule has 1 aliphatic heterocycles. The van der Waals surface area contributed by atoms with Crippen LogP contribution in [0.15, 0.2) is 47.4 Å². The van der Waals surface area contributed by atoms with Gasteiger partial charge in [-0.1, -0.05) is 30.3 Å². The summed E-state index contributed by atoms with van der Waals surface area (Å²) in [5.74, 6) is 0.492. The third kappa shape index (κ3) is 2.52. The van der Waals surface area contributed by atoms with Crippen molar-refractivity contribution in [3.8, 4) is 6.01 Å². The summed E-state index contributed by atoms with van der Waals surface area (Å²) >= 11 is 0. The molecule has 2 heterocycles. The van der Waals surface area contributed by atoms with Gasteiger partial charge in [-0.05, 0) is 24.3 Å². The molecule has 114 valence electrons. The molecule has 1 saturated carbocycles. The Labute approximate surface area is 128 Å². The highest BCUT2D eigenvalue weighted by Crippen LogP contribution is 2.42. The summed E-state index contributed by atoms with van der Waals surface area (Å²) in [5, 5.41) is 0. The number of rotatable bonds is 4. The number of hydrogen-bond donors (Lipinski definition) is 0. The highest BCUT2D eigenvalue weighted by atomic mass is 16.5. The van der Waals surface area contributed by atoms with E-state index in [1.807, 2.05) is 22.8 Å². The monoisotopic (exact) mass is 298 g/mol. The average molecular weight is 298 g/mol. The van der Waals surface area contributed by atoms with Gasteiger partial charge in [0.25, 0.3) is 11.6 Å². The normalized spacial score (nSPS) is 25.5. The smallest absolute Gasteiger partial charge is 0.300 e. The van der Waals surface area contributed by atoms with E-state index in [1.54, 1.807) is 6.20 Å². The molecule has 1 fully saturated rings. The van der Waals surface area contributed by atoms with Crippen molar-refractivity contribution < 1.29 is 9.47 Å². The predicted octanol–water partition coefficient (Wildman–Crippen LogP) is 2.17. The Morgan fingerprint density at radius 1 is 1.23 bits per heavy atom. The Balaban J connectivity index is 1.34. The fourth-order valence-electron chi connectivity index (χ4n) is 3.42. The zero-order valence-electron chi connectivity index (χ0n) is 12.2. The molecule has 1 aromatic heterocycles. The maximum atomic E-state index is 11.3. The number of fused-ring (bicyclic) bond motifs is 3. The molecule has 5 nitrogen and oxygen atoms in total. The van der Waals surface area contributed by atoms with Crippen molar-refractivity contribution >= 4 is 0 Å². The van der Waals surface area contributed by atoms with Crippen LogP contribution in [-0.2, 0) is 11.3 Å². The van der Waals surface area contributed by atoms with Crippen molar-refractivity contribution in [2.24, 2.45) is 5.92 Å². The maximum absolute atomic E-state index is 11.3. The molecule has 2 aliphatic rings. The number of nitrogens with zero attached hydrogens (tertiary/aromatic N) is 2. The Kier molecular flexibility index (Phi) is 3.42. The molecule has 0 unspecified atom stereocenters. The maximum Gasteiger partial charge on any atom is 0.300 e. The van der Waals surface area contributed by atoms with Gasteiger partial charge < -0.3 is 9.47 Å². The van der Waals surface area contributed by atoms with E-state index in [0.29, 0.717) is 18.5 Å². The molecule has 0 spiro atoms. The van der Waals surface area contributed by atoms with E-state index in [2.05, 4.69) is 17.1 Å². The lowest BCUT2D eigenvalue weighted by atomic mass is 10.1. The van der Waals surface area contributed by atoms with Crippen LogP contribution >= 0.6 is 0 Å². The molecule has 22 heavy (non-hydrogen) atoms. The van der Waals surface area contributed by atoms with Crippen molar-refractivity contribution in [1.29, 1.82) is 0 Å². The van der Waals surface area contributed by atoms with Gasteiger partial charge in [-0.15, -0.1) is 0 Å². The van der Waals surface area contributed by atoms with E-state index in [-0.39, 0.29) is 17.7 Å². The van der Waals surface area contributed by atoms with Crippen LogP contribution in [0.2, 0.25) is 0 Å². The molecule has 1 aromatic carbocycles. The SMILES string of the molecule is O=c1ccn2c(n1)O[C@H]1C[C@@H](COCc3ccccc3)C[C@H]12.